The zero-order chi connectivity index (χ0) is 16.2. The van der Waals surface area contributed by atoms with Gasteiger partial charge in [-0.05, 0) is 30.9 Å². The highest BCUT2D eigenvalue weighted by atomic mass is 16.5. The van der Waals surface area contributed by atoms with Crippen molar-refractivity contribution >= 4 is 11.6 Å². The molecule has 1 aliphatic rings. The van der Waals surface area contributed by atoms with Gasteiger partial charge in [-0.2, -0.15) is 0 Å². The lowest BCUT2D eigenvalue weighted by Gasteiger charge is -2.37. The molecule has 2 aromatic rings. The quantitative estimate of drug-likeness (QED) is 0.870. The van der Waals surface area contributed by atoms with E-state index in [0.29, 0.717) is 11.6 Å². The summed E-state index contributed by atoms with van der Waals surface area (Å²) < 4.78 is 5.11. The second kappa shape index (κ2) is 6.77. The number of aromatic nitrogens is 2. The summed E-state index contributed by atoms with van der Waals surface area (Å²) in [7, 11) is 1.53. The summed E-state index contributed by atoms with van der Waals surface area (Å²) in [6, 6.07) is 9.93. The maximum Gasteiger partial charge on any atom is 0.277 e. The van der Waals surface area contributed by atoms with Gasteiger partial charge in [-0.1, -0.05) is 31.5 Å². The van der Waals surface area contributed by atoms with Crippen molar-refractivity contribution in [3.8, 4) is 5.88 Å². The fourth-order valence-corrected chi connectivity index (χ4v) is 3.18. The molecule has 5 nitrogen and oxygen atoms in total. The van der Waals surface area contributed by atoms with Crippen molar-refractivity contribution in [3.63, 3.8) is 0 Å². The van der Waals surface area contributed by atoms with E-state index in [1.807, 2.05) is 23.1 Å². The van der Waals surface area contributed by atoms with E-state index >= 15 is 0 Å². The highest BCUT2D eigenvalue weighted by Crippen LogP contribution is 2.33. The molecule has 0 bridgehead atoms. The van der Waals surface area contributed by atoms with Gasteiger partial charge in [0.2, 0.25) is 5.88 Å². The Kier molecular flexibility index (Phi) is 4.55. The fourth-order valence-electron chi connectivity index (χ4n) is 3.18. The predicted molar refractivity (Wildman–Crippen MR) is 88.9 cm³/mol. The van der Waals surface area contributed by atoms with Crippen LogP contribution in [-0.2, 0) is 6.42 Å². The van der Waals surface area contributed by atoms with Crippen LogP contribution >= 0.6 is 0 Å². The van der Waals surface area contributed by atoms with Gasteiger partial charge in [0.25, 0.3) is 5.91 Å². The normalized spacial score (nSPS) is 16.8. The van der Waals surface area contributed by atoms with Gasteiger partial charge in [-0.25, -0.2) is 9.97 Å². The second-order valence-corrected chi connectivity index (χ2v) is 5.73. The number of carbonyl (C=O) groups is 1. The van der Waals surface area contributed by atoms with E-state index in [1.165, 1.54) is 19.0 Å². The Balaban J connectivity index is 2.00. The smallest absolute Gasteiger partial charge is 0.277 e. The van der Waals surface area contributed by atoms with Gasteiger partial charge in [0.1, 0.15) is 12.0 Å². The van der Waals surface area contributed by atoms with E-state index in [1.54, 1.807) is 6.07 Å². The molecular formula is C18H21N3O2. The number of amides is 1. The van der Waals surface area contributed by atoms with Crippen LogP contribution < -0.4 is 9.64 Å². The number of nitrogens with zero attached hydrogens (tertiary/aromatic N) is 3. The van der Waals surface area contributed by atoms with Crippen molar-refractivity contribution in [1.29, 1.82) is 0 Å². The van der Waals surface area contributed by atoms with Crippen LogP contribution in [0.15, 0.2) is 36.7 Å². The molecule has 5 heteroatoms. The third kappa shape index (κ3) is 3.04. The van der Waals surface area contributed by atoms with Gasteiger partial charge >= 0.3 is 0 Å². The molecule has 1 amide bonds. The number of para-hydroxylation sites is 1. The molecule has 0 radical (unpaired) electrons. The van der Waals surface area contributed by atoms with Crippen LogP contribution in [0.25, 0.3) is 0 Å². The standard InChI is InChI=1S/C18H21N3O2/c1-3-6-14-10-9-13-7-4-5-8-16(13)21(14)18(22)15-11-17(23-2)20-12-19-15/h4-5,7-8,11-12,14H,3,6,9-10H2,1-2H3. The molecule has 3 rings (SSSR count). The van der Waals surface area contributed by atoms with Gasteiger partial charge in [0.05, 0.1) is 7.11 Å². The average molecular weight is 311 g/mol. The number of hydrogen-bond donors (Lipinski definition) is 0. The lowest BCUT2D eigenvalue weighted by atomic mass is 9.93. The van der Waals surface area contributed by atoms with E-state index < -0.39 is 0 Å². The van der Waals surface area contributed by atoms with E-state index in [2.05, 4.69) is 23.0 Å². The summed E-state index contributed by atoms with van der Waals surface area (Å²) in [5.74, 6) is 0.317. The van der Waals surface area contributed by atoms with Crippen molar-refractivity contribution in [1.82, 2.24) is 9.97 Å². The van der Waals surface area contributed by atoms with Gasteiger partial charge in [0, 0.05) is 17.8 Å². The molecule has 2 heterocycles. The molecular weight excluding hydrogens is 290 g/mol. The number of aryl methyl sites for hydroxylation is 1. The molecule has 0 saturated carbocycles. The molecule has 0 aliphatic carbocycles. The molecule has 0 saturated heterocycles. The summed E-state index contributed by atoms with van der Waals surface area (Å²) in [4.78, 5) is 23.1. The highest BCUT2D eigenvalue weighted by Gasteiger charge is 2.31. The lowest BCUT2D eigenvalue weighted by Crippen LogP contribution is -2.44. The summed E-state index contributed by atoms with van der Waals surface area (Å²) in [6.07, 6.45) is 5.40. The van der Waals surface area contributed by atoms with E-state index in [0.717, 1.165) is 31.4 Å². The largest absolute Gasteiger partial charge is 0.481 e. The van der Waals surface area contributed by atoms with Gasteiger partial charge in [0.15, 0.2) is 0 Å². The Hall–Kier alpha value is -2.43. The van der Waals surface area contributed by atoms with Crippen LogP contribution in [0.1, 0.15) is 42.2 Å². The molecule has 120 valence electrons. The van der Waals surface area contributed by atoms with E-state index in [9.17, 15) is 4.79 Å². The Morgan fingerprint density at radius 2 is 2.17 bits per heavy atom. The monoisotopic (exact) mass is 311 g/mol. The van der Waals surface area contributed by atoms with Gasteiger partial charge in [-0.15, -0.1) is 0 Å². The summed E-state index contributed by atoms with van der Waals surface area (Å²) in [5.41, 5.74) is 2.59. The SMILES string of the molecule is CCCC1CCc2ccccc2N1C(=O)c1cc(OC)ncn1. The number of benzene rings is 1. The van der Waals surface area contributed by atoms with Crippen LogP contribution in [-0.4, -0.2) is 29.0 Å². The predicted octanol–water partition coefficient (Wildman–Crippen LogP) is 3.25. The Bertz CT molecular complexity index is 702. The average Bonchev–Trinajstić information content (AvgIpc) is 2.61. The summed E-state index contributed by atoms with van der Waals surface area (Å²) in [5, 5.41) is 0. The van der Waals surface area contributed by atoms with Crippen LogP contribution in [0.5, 0.6) is 5.88 Å². The number of anilines is 1. The zero-order valence-corrected chi connectivity index (χ0v) is 13.5. The van der Waals surface area contributed by atoms with Crippen molar-refractivity contribution in [2.24, 2.45) is 0 Å². The minimum absolute atomic E-state index is 0.0868. The minimum Gasteiger partial charge on any atom is -0.481 e. The van der Waals surface area contributed by atoms with Crippen LogP contribution in [0.3, 0.4) is 0 Å². The van der Waals surface area contributed by atoms with Gasteiger partial charge in [-0.3, -0.25) is 4.79 Å². The number of hydrogen-bond acceptors (Lipinski definition) is 4. The zero-order valence-electron chi connectivity index (χ0n) is 13.5. The third-order valence-electron chi connectivity index (χ3n) is 4.27. The highest BCUT2D eigenvalue weighted by molar-refractivity contribution is 6.06. The summed E-state index contributed by atoms with van der Waals surface area (Å²) >= 11 is 0. The number of rotatable bonds is 4. The van der Waals surface area contributed by atoms with Crippen molar-refractivity contribution < 1.29 is 9.53 Å². The molecule has 23 heavy (non-hydrogen) atoms. The molecule has 1 aliphatic heterocycles. The van der Waals surface area contributed by atoms with Crippen LogP contribution in [0.4, 0.5) is 5.69 Å². The van der Waals surface area contributed by atoms with Crippen LogP contribution in [0, 0.1) is 0 Å². The second-order valence-electron chi connectivity index (χ2n) is 5.73. The molecule has 1 atom stereocenters. The molecule has 0 fully saturated rings. The number of fused-ring (bicyclic) bond motifs is 1. The van der Waals surface area contributed by atoms with Gasteiger partial charge < -0.3 is 9.64 Å². The lowest BCUT2D eigenvalue weighted by molar-refractivity contribution is 0.0966. The Morgan fingerprint density at radius 3 is 2.96 bits per heavy atom. The molecule has 1 aromatic carbocycles. The van der Waals surface area contributed by atoms with Crippen molar-refractivity contribution in [2.75, 3.05) is 12.0 Å². The number of methoxy groups -OCH3 is 1. The first-order valence-electron chi connectivity index (χ1n) is 8.02. The first kappa shape index (κ1) is 15.5. The molecule has 0 spiro atoms. The van der Waals surface area contributed by atoms with Crippen LogP contribution in [0.2, 0.25) is 0 Å². The minimum atomic E-state index is -0.0868. The van der Waals surface area contributed by atoms with E-state index in [-0.39, 0.29) is 11.9 Å². The van der Waals surface area contributed by atoms with E-state index in [4.69, 9.17) is 4.74 Å². The number of ether oxygens (including phenoxy) is 1. The van der Waals surface area contributed by atoms with Crippen molar-refractivity contribution in [2.45, 2.75) is 38.6 Å². The fraction of sp³-hybridized carbons (Fsp3) is 0.389. The third-order valence-corrected chi connectivity index (χ3v) is 4.27. The Morgan fingerprint density at radius 1 is 1.35 bits per heavy atom. The number of carbonyl (C=O) groups excluding carboxylic acids is 1. The Labute approximate surface area is 136 Å². The first-order chi connectivity index (χ1) is 11.2. The molecule has 0 N–H and O–H groups in total. The molecule has 1 unspecified atom stereocenters. The maximum absolute atomic E-state index is 13.1. The van der Waals surface area contributed by atoms with Crippen molar-refractivity contribution in [3.05, 3.63) is 47.9 Å². The first-order valence-corrected chi connectivity index (χ1v) is 8.02. The summed E-state index contributed by atoms with van der Waals surface area (Å²) in [6.45, 7) is 2.15. The maximum atomic E-state index is 13.1. The molecule has 1 aromatic heterocycles. The topological polar surface area (TPSA) is 55.3 Å².